The lowest BCUT2D eigenvalue weighted by atomic mass is 10.2. The maximum absolute atomic E-state index is 6.01. The summed E-state index contributed by atoms with van der Waals surface area (Å²) in [6, 6.07) is 8.11. The van der Waals surface area contributed by atoms with Crippen LogP contribution in [0.2, 0.25) is 0 Å². The van der Waals surface area contributed by atoms with E-state index in [0.29, 0.717) is 22.9 Å². The molecule has 3 aromatic rings. The number of halogens is 1. The minimum absolute atomic E-state index is 0.285. The monoisotopic (exact) mass is 288 g/mol. The molecular formula is C14H13ClN4O. The normalized spacial score (nSPS) is 10.9. The van der Waals surface area contributed by atoms with Crippen LogP contribution in [0, 0.1) is 6.92 Å². The predicted octanol–water partition coefficient (Wildman–Crippen LogP) is 2.87. The number of fused-ring (bicyclic) bond motifs is 1. The van der Waals surface area contributed by atoms with Crippen molar-refractivity contribution in [3.8, 4) is 11.6 Å². The molecule has 3 rings (SSSR count). The largest absolute Gasteiger partial charge is 0.479 e. The molecule has 2 aromatic heterocycles. The van der Waals surface area contributed by atoms with Gasteiger partial charge in [-0.15, -0.1) is 11.6 Å². The summed E-state index contributed by atoms with van der Waals surface area (Å²) in [5, 5.41) is 0. The van der Waals surface area contributed by atoms with Crippen LogP contribution in [0.25, 0.3) is 16.9 Å². The molecule has 0 aliphatic heterocycles. The first kappa shape index (κ1) is 12.9. The van der Waals surface area contributed by atoms with Gasteiger partial charge in [0.2, 0.25) is 5.88 Å². The molecule has 5 nitrogen and oxygen atoms in total. The molecule has 0 amide bonds. The first-order chi connectivity index (χ1) is 9.74. The van der Waals surface area contributed by atoms with Crippen molar-refractivity contribution in [3.05, 3.63) is 42.0 Å². The fraction of sp³-hybridized carbons (Fsp3) is 0.214. The van der Waals surface area contributed by atoms with Crippen molar-refractivity contribution in [1.29, 1.82) is 0 Å². The zero-order valence-electron chi connectivity index (χ0n) is 11.2. The van der Waals surface area contributed by atoms with E-state index in [4.69, 9.17) is 16.3 Å². The maximum atomic E-state index is 6.01. The number of alkyl halides is 1. The molecule has 0 fully saturated rings. The number of nitrogens with zero attached hydrogens (tertiary/aromatic N) is 4. The molecule has 0 saturated carbocycles. The molecule has 102 valence electrons. The van der Waals surface area contributed by atoms with E-state index in [9.17, 15) is 0 Å². The number of aromatic nitrogens is 4. The van der Waals surface area contributed by atoms with Gasteiger partial charge < -0.3 is 4.74 Å². The summed E-state index contributed by atoms with van der Waals surface area (Å²) in [6.07, 6.45) is 1.46. The number of methoxy groups -OCH3 is 1. The van der Waals surface area contributed by atoms with Crippen molar-refractivity contribution in [2.75, 3.05) is 7.11 Å². The zero-order chi connectivity index (χ0) is 14.1. The van der Waals surface area contributed by atoms with Crippen LogP contribution in [-0.4, -0.2) is 26.6 Å². The third-order valence-electron chi connectivity index (χ3n) is 3.09. The van der Waals surface area contributed by atoms with Crippen LogP contribution >= 0.6 is 11.6 Å². The van der Waals surface area contributed by atoms with Crippen LogP contribution in [0.4, 0.5) is 0 Å². The van der Waals surface area contributed by atoms with Gasteiger partial charge in [0.15, 0.2) is 11.2 Å². The van der Waals surface area contributed by atoms with Gasteiger partial charge in [-0.1, -0.05) is 17.7 Å². The Balaban J connectivity index is 2.30. The number of rotatable bonds is 3. The molecule has 1 aromatic carbocycles. The van der Waals surface area contributed by atoms with E-state index < -0.39 is 0 Å². The number of aryl methyl sites for hydroxylation is 1. The van der Waals surface area contributed by atoms with Gasteiger partial charge in [0.1, 0.15) is 12.2 Å². The van der Waals surface area contributed by atoms with Gasteiger partial charge in [0, 0.05) is 5.69 Å². The smallest absolute Gasteiger partial charge is 0.245 e. The van der Waals surface area contributed by atoms with Crippen molar-refractivity contribution in [3.63, 3.8) is 0 Å². The molecule has 6 heteroatoms. The van der Waals surface area contributed by atoms with Crippen molar-refractivity contribution in [2.24, 2.45) is 0 Å². The number of hydrogen-bond donors (Lipinski definition) is 0. The molecule has 0 N–H and O–H groups in total. The second-order valence-electron chi connectivity index (χ2n) is 4.39. The molecule has 0 atom stereocenters. The molecule has 0 bridgehead atoms. The zero-order valence-corrected chi connectivity index (χ0v) is 11.9. The summed E-state index contributed by atoms with van der Waals surface area (Å²) < 4.78 is 7.15. The summed E-state index contributed by atoms with van der Waals surface area (Å²) in [5.74, 6) is 1.45. The highest BCUT2D eigenvalue weighted by molar-refractivity contribution is 6.17. The fourth-order valence-corrected chi connectivity index (χ4v) is 2.30. The molecule has 0 saturated heterocycles. The van der Waals surface area contributed by atoms with E-state index in [1.54, 1.807) is 7.11 Å². The highest BCUT2D eigenvalue weighted by atomic mass is 35.5. The van der Waals surface area contributed by atoms with E-state index in [1.165, 1.54) is 11.9 Å². The lowest BCUT2D eigenvalue weighted by molar-refractivity contribution is 0.401. The van der Waals surface area contributed by atoms with E-state index in [-0.39, 0.29) is 5.88 Å². The first-order valence-corrected chi connectivity index (χ1v) is 6.67. The Bertz CT molecular complexity index is 752. The Morgan fingerprint density at radius 2 is 1.95 bits per heavy atom. The lowest BCUT2D eigenvalue weighted by Gasteiger charge is -2.07. The van der Waals surface area contributed by atoms with E-state index in [0.717, 1.165) is 5.69 Å². The van der Waals surface area contributed by atoms with Crippen LogP contribution in [0.15, 0.2) is 30.6 Å². The summed E-state index contributed by atoms with van der Waals surface area (Å²) in [5.41, 5.74) is 3.47. The summed E-state index contributed by atoms with van der Waals surface area (Å²) in [7, 11) is 1.56. The Morgan fingerprint density at radius 3 is 2.60 bits per heavy atom. The molecular weight excluding hydrogens is 276 g/mol. The van der Waals surface area contributed by atoms with Gasteiger partial charge in [0.25, 0.3) is 0 Å². The molecule has 2 heterocycles. The number of benzene rings is 1. The second-order valence-corrected chi connectivity index (χ2v) is 4.66. The van der Waals surface area contributed by atoms with E-state index in [2.05, 4.69) is 15.0 Å². The number of imidazole rings is 1. The Labute approximate surface area is 121 Å². The quantitative estimate of drug-likeness (QED) is 0.696. The highest BCUT2D eigenvalue weighted by Crippen LogP contribution is 2.25. The van der Waals surface area contributed by atoms with Crippen LogP contribution in [0.3, 0.4) is 0 Å². The van der Waals surface area contributed by atoms with Crippen LogP contribution in [-0.2, 0) is 5.88 Å². The fourth-order valence-electron chi connectivity index (χ4n) is 2.12. The maximum Gasteiger partial charge on any atom is 0.245 e. The first-order valence-electron chi connectivity index (χ1n) is 6.14. The average Bonchev–Trinajstić information content (AvgIpc) is 2.86. The standard InChI is InChI=1S/C14H13ClN4O/c1-9-3-5-10(6-4-9)19-11(7-15)18-12-13(19)16-8-17-14(12)20-2/h3-6,8H,7H2,1-2H3. The minimum atomic E-state index is 0.285. The molecule has 0 aliphatic carbocycles. The average molecular weight is 289 g/mol. The van der Waals surface area contributed by atoms with Crippen LogP contribution in [0.1, 0.15) is 11.4 Å². The van der Waals surface area contributed by atoms with Crippen molar-refractivity contribution < 1.29 is 4.74 Å². The van der Waals surface area contributed by atoms with Crippen LogP contribution in [0.5, 0.6) is 5.88 Å². The van der Waals surface area contributed by atoms with Crippen molar-refractivity contribution >= 4 is 22.8 Å². The van der Waals surface area contributed by atoms with Gasteiger partial charge in [-0.3, -0.25) is 4.57 Å². The summed E-state index contributed by atoms with van der Waals surface area (Å²) in [4.78, 5) is 12.9. The molecule has 0 unspecified atom stereocenters. The topological polar surface area (TPSA) is 52.8 Å². The molecule has 0 radical (unpaired) electrons. The highest BCUT2D eigenvalue weighted by Gasteiger charge is 2.16. The SMILES string of the molecule is COc1ncnc2c1nc(CCl)n2-c1ccc(C)cc1. The minimum Gasteiger partial charge on any atom is -0.479 e. The lowest BCUT2D eigenvalue weighted by Crippen LogP contribution is -2.00. The number of hydrogen-bond acceptors (Lipinski definition) is 4. The Morgan fingerprint density at radius 1 is 1.20 bits per heavy atom. The Kier molecular flexibility index (Phi) is 3.28. The van der Waals surface area contributed by atoms with Crippen molar-refractivity contribution in [2.45, 2.75) is 12.8 Å². The number of ether oxygens (including phenoxy) is 1. The predicted molar refractivity (Wildman–Crippen MR) is 77.5 cm³/mol. The molecule has 20 heavy (non-hydrogen) atoms. The molecule has 0 aliphatic rings. The summed E-state index contributed by atoms with van der Waals surface area (Å²) >= 11 is 6.01. The third kappa shape index (κ3) is 2.00. The van der Waals surface area contributed by atoms with Gasteiger partial charge in [-0.25, -0.2) is 9.97 Å². The van der Waals surface area contributed by atoms with Gasteiger partial charge in [-0.05, 0) is 19.1 Å². The van der Waals surface area contributed by atoms with Crippen LogP contribution < -0.4 is 4.74 Å². The van der Waals surface area contributed by atoms with E-state index in [1.807, 2.05) is 35.8 Å². The second kappa shape index (κ2) is 5.09. The van der Waals surface area contributed by atoms with Gasteiger partial charge in [-0.2, -0.15) is 4.98 Å². The third-order valence-corrected chi connectivity index (χ3v) is 3.32. The van der Waals surface area contributed by atoms with Gasteiger partial charge >= 0.3 is 0 Å². The van der Waals surface area contributed by atoms with E-state index >= 15 is 0 Å². The summed E-state index contributed by atoms with van der Waals surface area (Å²) in [6.45, 7) is 2.05. The van der Waals surface area contributed by atoms with Crippen molar-refractivity contribution in [1.82, 2.24) is 19.5 Å². The van der Waals surface area contributed by atoms with Gasteiger partial charge in [0.05, 0.1) is 13.0 Å². The molecule has 0 spiro atoms. The Hall–Kier alpha value is -2.14.